The Morgan fingerprint density at radius 3 is 2.26 bits per heavy atom. The van der Waals surface area contributed by atoms with Gasteiger partial charge in [0.1, 0.15) is 12.2 Å². The van der Waals surface area contributed by atoms with Gasteiger partial charge in [-0.05, 0) is 81.7 Å². The fraction of sp³-hybridized carbons (Fsp3) is 0.561. The summed E-state index contributed by atoms with van der Waals surface area (Å²) in [4.78, 5) is 54.0. The van der Waals surface area contributed by atoms with Crippen molar-refractivity contribution in [2.45, 2.75) is 90.6 Å². The minimum atomic E-state index is -0.202. The first kappa shape index (κ1) is 41.5. The molecule has 0 saturated heterocycles. The van der Waals surface area contributed by atoms with E-state index in [4.69, 9.17) is 15.2 Å². The number of likely N-dealkylation sites (N-methyl/N-ethyl adjacent to an activating group) is 1. The first-order valence-electron chi connectivity index (χ1n) is 19.5. The van der Waals surface area contributed by atoms with Gasteiger partial charge in [-0.15, -0.1) is 0 Å². The van der Waals surface area contributed by atoms with Crippen molar-refractivity contribution in [2.75, 3.05) is 57.5 Å². The van der Waals surface area contributed by atoms with Crippen LogP contribution in [0, 0.1) is 5.92 Å². The third-order valence-electron chi connectivity index (χ3n) is 9.85. The van der Waals surface area contributed by atoms with Crippen LogP contribution in [-0.4, -0.2) is 86.8 Å². The molecule has 0 atom stereocenters. The van der Waals surface area contributed by atoms with Crippen LogP contribution in [0.15, 0.2) is 54.6 Å². The largest absolute Gasteiger partial charge is 0.379 e. The Bertz CT molecular complexity index is 1600. The molecule has 0 unspecified atom stereocenters. The maximum absolute atomic E-state index is 13.7. The average Bonchev–Trinajstić information content (AvgIpc) is 3.54. The molecular weight excluding hydrogens is 672 g/mol. The van der Waals surface area contributed by atoms with E-state index in [1.54, 1.807) is 4.90 Å². The van der Waals surface area contributed by atoms with Crippen LogP contribution in [0.2, 0.25) is 0 Å². The summed E-state index contributed by atoms with van der Waals surface area (Å²) in [6, 6.07) is 17.6. The third-order valence-corrected chi connectivity index (χ3v) is 9.85. The number of benzene rings is 2. The van der Waals surface area contributed by atoms with Gasteiger partial charge in [-0.1, -0.05) is 50.1 Å². The Balaban J connectivity index is 1.15. The topological polar surface area (TPSA) is 157 Å². The molecule has 3 aromatic rings. The summed E-state index contributed by atoms with van der Waals surface area (Å²) >= 11 is 0. The zero-order valence-electron chi connectivity index (χ0n) is 31.7. The number of aryl methyl sites for hydroxylation is 1. The number of hydrogen-bond donors (Lipinski definition) is 4. The zero-order chi connectivity index (χ0) is 37.8. The predicted molar refractivity (Wildman–Crippen MR) is 209 cm³/mol. The van der Waals surface area contributed by atoms with Crippen LogP contribution in [0.1, 0.15) is 87.7 Å². The molecule has 53 heavy (non-hydrogen) atoms. The van der Waals surface area contributed by atoms with Crippen LogP contribution in [0.25, 0.3) is 10.9 Å². The van der Waals surface area contributed by atoms with E-state index in [9.17, 15) is 19.2 Å². The molecule has 290 valence electrons. The molecule has 0 spiro atoms. The Morgan fingerprint density at radius 2 is 1.55 bits per heavy atom. The SMILES string of the molecule is CCc1cccc(N(CC)C(=O)Cn2c(C(=O)N[C@H]3CC[C@H](C(=O)NCCCCCCNC(=O)CCOCCOCCN)CC3)cc3ccccc32)c1. The molecule has 4 amide bonds. The van der Waals surface area contributed by atoms with Crippen molar-refractivity contribution in [1.29, 1.82) is 0 Å². The Kier molecular flexibility index (Phi) is 17.8. The van der Waals surface area contributed by atoms with Crippen LogP contribution in [-0.2, 0) is 36.8 Å². The number of fused-ring (bicyclic) bond motifs is 1. The summed E-state index contributed by atoms with van der Waals surface area (Å²) in [5.74, 6) is -0.273. The van der Waals surface area contributed by atoms with Gasteiger partial charge in [0.15, 0.2) is 0 Å². The second-order valence-corrected chi connectivity index (χ2v) is 13.7. The highest BCUT2D eigenvalue weighted by Gasteiger charge is 2.28. The number of nitrogens with one attached hydrogen (secondary N) is 3. The molecule has 0 radical (unpaired) electrons. The van der Waals surface area contributed by atoms with Crippen LogP contribution in [0.3, 0.4) is 0 Å². The van der Waals surface area contributed by atoms with Gasteiger partial charge < -0.3 is 40.6 Å². The highest BCUT2D eigenvalue weighted by Crippen LogP contribution is 2.26. The van der Waals surface area contributed by atoms with E-state index in [0.29, 0.717) is 77.6 Å². The third kappa shape index (κ3) is 13.3. The number of carbonyl (C=O) groups excluding carboxylic acids is 4. The maximum Gasteiger partial charge on any atom is 0.268 e. The first-order valence-corrected chi connectivity index (χ1v) is 19.5. The highest BCUT2D eigenvalue weighted by molar-refractivity contribution is 6.01. The van der Waals surface area contributed by atoms with E-state index < -0.39 is 0 Å². The second-order valence-electron chi connectivity index (χ2n) is 13.7. The van der Waals surface area contributed by atoms with E-state index in [-0.39, 0.29) is 42.1 Å². The number of ether oxygens (including phenoxy) is 2. The molecule has 2 aromatic carbocycles. The first-order chi connectivity index (χ1) is 25.8. The highest BCUT2D eigenvalue weighted by atomic mass is 16.5. The number of anilines is 1. The van der Waals surface area contributed by atoms with E-state index in [2.05, 4.69) is 35.0 Å². The number of rotatable bonds is 23. The Labute approximate surface area is 314 Å². The normalized spacial score (nSPS) is 15.6. The molecule has 1 aromatic heterocycles. The van der Waals surface area contributed by atoms with Gasteiger partial charge in [0, 0.05) is 61.1 Å². The van der Waals surface area contributed by atoms with Crippen LogP contribution in [0.4, 0.5) is 5.69 Å². The lowest BCUT2D eigenvalue weighted by molar-refractivity contribution is -0.126. The summed E-state index contributed by atoms with van der Waals surface area (Å²) in [5.41, 5.74) is 8.69. The Morgan fingerprint density at radius 1 is 0.830 bits per heavy atom. The van der Waals surface area contributed by atoms with Crippen molar-refractivity contribution < 1.29 is 28.7 Å². The van der Waals surface area contributed by atoms with Crippen molar-refractivity contribution in [3.63, 3.8) is 0 Å². The summed E-state index contributed by atoms with van der Waals surface area (Å²) < 4.78 is 12.4. The number of hydrogen-bond acceptors (Lipinski definition) is 7. The van der Waals surface area contributed by atoms with E-state index in [1.165, 1.54) is 5.56 Å². The molecular formula is C41H60N6O6. The van der Waals surface area contributed by atoms with Crippen molar-refractivity contribution in [3.8, 4) is 0 Å². The molecule has 12 nitrogen and oxygen atoms in total. The van der Waals surface area contributed by atoms with Gasteiger partial charge in [0.05, 0.1) is 26.4 Å². The van der Waals surface area contributed by atoms with Crippen molar-refractivity contribution in [1.82, 2.24) is 20.5 Å². The summed E-state index contributed by atoms with van der Waals surface area (Å²) in [6.07, 6.45) is 7.84. The fourth-order valence-electron chi connectivity index (χ4n) is 6.84. The Hall–Kier alpha value is -4.26. The number of aromatic nitrogens is 1. The molecule has 1 fully saturated rings. The molecule has 12 heteroatoms. The number of amides is 4. The van der Waals surface area contributed by atoms with Crippen molar-refractivity contribution in [2.24, 2.45) is 11.7 Å². The zero-order valence-corrected chi connectivity index (χ0v) is 31.7. The van der Waals surface area contributed by atoms with Crippen LogP contribution < -0.4 is 26.6 Å². The van der Waals surface area contributed by atoms with E-state index in [0.717, 1.165) is 61.5 Å². The number of para-hydroxylation sites is 1. The molecule has 4 rings (SSSR count). The summed E-state index contributed by atoms with van der Waals surface area (Å²) in [5, 5.41) is 10.1. The fourth-order valence-corrected chi connectivity index (χ4v) is 6.84. The van der Waals surface area contributed by atoms with Crippen molar-refractivity contribution in [3.05, 3.63) is 65.9 Å². The van der Waals surface area contributed by atoms with Crippen LogP contribution in [0.5, 0.6) is 0 Å². The number of unbranched alkanes of at least 4 members (excludes halogenated alkanes) is 3. The number of nitrogens with two attached hydrogens (primary N) is 1. The minimum Gasteiger partial charge on any atom is -0.379 e. The molecule has 5 N–H and O–H groups in total. The van der Waals surface area contributed by atoms with Gasteiger partial charge in [-0.2, -0.15) is 0 Å². The summed E-state index contributed by atoms with van der Waals surface area (Å²) in [6.45, 7) is 8.21. The van der Waals surface area contributed by atoms with Gasteiger partial charge in [-0.25, -0.2) is 0 Å². The quantitative estimate of drug-likeness (QED) is 0.103. The molecule has 1 heterocycles. The van der Waals surface area contributed by atoms with Gasteiger partial charge in [0.25, 0.3) is 5.91 Å². The van der Waals surface area contributed by atoms with E-state index in [1.807, 2.05) is 54.0 Å². The lowest BCUT2D eigenvalue weighted by atomic mass is 9.85. The van der Waals surface area contributed by atoms with Crippen LogP contribution >= 0.6 is 0 Å². The smallest absolute Gasteiger partial charge is 0.268 e. The standard InChI is InChI=1S/C41H60N6O6/c1-3-31-12-11-14-35(28-31)46(4-2)39(49)30-47-36-15-8-7-13-33(36)29-37(47)41(51)45-34-18-16-32(17-19-34)40(50)44-23-10-6-5-9-22-43-38(48)20-24-52-26-27-53-25-21-42/h7-8,11-15,28-29,32,34H,3-6,9-10,16-27,30,42H2,1-2H3,(H,43,48)(H,44,50)(H,45,51)/t32-,34-. The van der Waals surface area contributed by atoms with Gasteiger partial charge in [-0.3, -0.25) is 19.2 Å². The minimum absolute atomic E-state index is 0.0162. The molecule has 1 aliphatic carbocycles. The maximum atomic E-state index is 13.7. The molecule has 1 saturated carbocycles. The van der Waals surface area contributed by atoms with Crippen molar-refractivity contribution >= 4 is 40.2 Å². The average molecular weight is 733 g/mol. The van der Waals surface area contributed by atoms with Gasteiger partial charge in [0.2, 0.25) is 17.7 Å². The van der Waals surface area contributed by atoms with Gasteiger partial charge >= 0.3 is 0 Å². The summed E-state index contributed by atoms with van der Waals surface area (Å²) in [7, 11) is 0. The predicted octanol–water partition coefficient (Wildman–Crippen LogP) is 4.72. The number of nitrogens with zero attached hydrogens (tertiary/aromatic N) is 2. The number of carbonyl (C=O) groups is 4. The monoisotopic (exact) mass is 732 g/mol. The lowest BCUT2D eigenvalue weighted by Crippen LogP contribution is -2.42. The molecule has 1 aliphatic rings. The second kappa shape index (κ2) is 22.7. The van der Waals surface area contributed by atoms with E-state index >= 15 is 0 Å². The molecule has 0 aliphatic heterocycles. The lowest BCUT2D eigenvalue weighted by Gasteiger charge is -2.28. The molecule has 0 bridgehead atoms.